The molecule has 0 bridgehead atoms. The highest BCUT2D eigenvalue weighted by Gasteiger charge is 2.18. The normalized spacial score (nSPS) is 13.8. The molecule has 39 heavy (non-hydrogen) atoms. The number of nitrogens with one attached hydrogen (secondary N) is 3. The van der Waals surface area contributed by atoms with Crippen LogP contribution in [-0.2, 0) is 16.0 Å². The summed E-state index contributed by atoms with van der Waals surface area (Å²) in [6, 6.07) is 13.9. The summed E-state index contributed by atoms with van der Waals surface area (Å²) in [7, 11) is 0. The molecule has 0 saturated carbocycles. The molecule has 202 valence electrons. The standard InChI is InChI=1S/C28H30BrN7O3/c1-2-12-39-27-23(29)17-31-28(35-27)34-22-15-20(32-25(37)18-36-10-6-7-11-36)14-21(16-22)33-26(38)24(30)13-19-8-4-3-5-9-19/h1,3-5,8-9,14-17,24H,6-7,10-13,18,30H2,(H,32,37)(H,33,38)(H,31,34,35)/t24-/m1/s1. The van der Waals surface area contributed by atoms with Crippen molar-refractivity contribution in [1.29, 1.82) is 0 Å². The summed E-state index contributed by atoms with van der Waals surface area (Å²) in [5, 5.41) is 8.89. The first-order valence-corrected chi connectivity index (χ1v) is 13.3. The average molecular weight is 592 g/mol. The number of amides is 2. The number of nitrogens with two attached hydrogens (primary N) is 1. The summed E-state index contributed by atoms with van der Waals surface area (Å²) in [6.07, 6.45) is 9.39. The molecule has 4 rings (SSSR count). The number of hydrogen-bond acceptors (Lipinski definition) is 8. The molecule has 1 aliphatic heterocycles. The predicted octanol–water partition coefficient (Wildman–Crippen LogP) is 3.54. The Balaban J connectivity index is 1.53. The van der Waals surface area contributed by atoms with Crippen molar-refractivity contribution in [2.45, 2.75) is 25.3 Å². The molecule has 2 aromatic carbocycles. The summed E-state index contributed by atoms with van der Waals surface area (Å²) in [5.74, 6) is 2.42. The van der Waals surface area contributed by atoms with Gasteiger partial charge in [-0.1, -0.05) is 36.3 Å². The second-order valence-corrected chi connectivity index (χ2v) is 9.93. The molecule has 5 N–H and O–H groups in total. The topological polar surface area (TPSA) is 134 Å². The molecule has 1 aromatic heterocycles. The molecule has 0 aliphatic carbocycles. The summed E-state index contributed by atoms with van der Waals surface area (Å²) in [4.78, 5) is 36.4. The maximum Gasteiger partial charge on any atom is 0.241 e. The van der Waals surface area contributed by atoms with Crippen molar-refractivity contribution in [2.75, 3.05) is 42.2 Å². The lowest BCUT2D eigenvalue weighted by molar-refractivity contribution is -0.118. The Bertz CT molecular complexity index is 1340. The van der Waals surface area contributed by atoms with Crippen molar-refractivity contribution in [3.63, 3.8) is 0 Å². The summed E-state index contributed by atoms with van der Waals surface area (Å²) < 4.78 is 6.00. The van der Waals surface area contributed by atoms with Crippen molar-refractivity contribution < 1.29 is 14.3 Å². The molecule has 1 atom stereocenters. The van der Waals surface area contributed by atoms with Gasteiger partial charge in [-0.05, 0) is 72.0 Å². The Kier molecular flexibility index (Phi) is 9.85. The second kappa shape index (κ2) is 13.7. The minimum absolute atomic E-state index is 0.0486. The third kappa shape index (κ3) is 8.51. The molecule has 0 radical (unpaired) electrons. The summed E-state index contributed by atoms with van der Waals surface area (Å²) in [6.45, 7) is 2.15. The molecule has 2 heterocycles. The van der Waals surface area contributed by atoms with E-state index in [1.54, 1.807) is 18.2 Å². The first kappa shape index (κ1) is 28.0. The quantitative estimate of drug-likeness (QED) is 0.249. The monoisotopic (exact) mass is 591 g/mol. The van der Waals surface area contributed by atoms with Gasteiger partial charge < -0.3 is 26.4 Å². The number of halogens is 1. The van der Waals surface area contributed by atoms with Gasteiger partial charge in [-0.3, -0.25) is 14.5 Å². The highest BCUT2D eigenvalue weighted by Crippen LogP contribution is 2.27. The maximum atomic E-state index is 12.9. The van der Waals surface area contributed by atoms with E-state index in [-0.39, 0.29) is 30.2 Å². The van der Waals surface area contributed by atoms with Gasteiger partial charge in [-0.15, -0.1) is 6.42 Å². The SMILES string of the molecule is C#CCOc1nc(Nc2cc(NC(=O)CN3CCCC3)cc(NC(=O)[C@H](N)Cc3ccccc3)c2)ncc1Br. The van der Waals surface area contributed by atoms with Gasteiger partial charge >= 0.3 is 0 Å². The Morgan fingerprint density at radius 3 is 2.51 bits per heavy atom. The van der Waals surface area contributed by atoms with E-state index in [1.807, 2.05) is 30.3 Å². The zero-order valence-corrected chi connectivity index (χ0v) is 22.9. The molecule has 1 saturated heterocycles. The van der Waals surface area contributed by atoms with E-state index in [9.17, 15) is 9.59 Å². The zero-order chi connectivity index (χ0) is 27.6. The van der Waals surface area contributed by atoms with Crippen LogP contribution in [0.3, 0.4) is 0 Å². The van der Waals surface area contributed by atoms with E-state index in [1.165, 1.54) is 6.20 Å². The van der Waals surface area contributed by atoms with E-state index in [0.717, 1.165) is 31.5 Å². The number of rotatable bonds is 11. The smallest absolute Gasteiger partial charge is 0.241 e. The average Bonchev–Trinajstić information content (AvgIpc) is 3.42. The van der Waals surface area contributed by atoms with Gasteiger partial charge in [0.2, 0.25) is 23.6 Å². The lowest BCUT2D eigenvalue weighted by Gasteiger charge is -2.17. The third-order valence-electron chi connectivity index (χ3n) is 5.95. The molecule has 3 aromatic rings. The van der Waals surface area contributed by atoms with Crippen LogP contribution in [0.4, 0.5) is 23.0 Å². The number of nitrogens with zero attached hydrogens (tertiary/aromatic N) is 3. The number of carbonyl (C=O) groups excluding carboxylic acids is 2. The van der Waals surface area contributed by atoms with Crippen LogP contribution in [0.2, 0.25) is 0 Å². The van der Waals surface area contributed by atoms with Crippen LogP contribution < -0.4 is 26.4 Å². The van der Waals surface area contributed by atoms with E-state index >= 15 is 0 Å². The number of carbonyl (C=O) groups is 2. The number of aromatic nitrogens is 2. The van der Waals surface area contributed by atoms with Crippen molar-refractivity contribution in [3.05, 3.63) is 64.8 Å². The number of hydrogen-bond donors (Lipinski definition) is 4. The fraction of sp³-hybridized carbons (Fsp3) is 0.286. The van der Waals surface area contributed by atoms with Gasteiger partial charge in [0, 0.05) is 17.1 Å². The van der Waals surface area contributed by atoms with Crippen LogP contribution >= 0.6 is 15.9 Å². The third-order valence-corrected chi connectivity index (χ3v) is 6.49. The van der Waals surface area contributed by atoms with Crippen molar-refractivity contribution in [2.24, 2.45) is 5.73 Å². The van der Waals surface area contributed by atoms with E-state index in [4.69, 9.17) is 16.9 Å². The van der Waals surface area contributed by atoms with Gasteiger partial charge in [0.15, 0.2) is 6.61 Å². The lowest BCUT2D eigenvalue weighted by Crippen LogP contribution is -2.37. The summed E-state index contributed by atoms with van der Waals surface area (Å²) in [5.41, 5.74) is 8.62. The molecule has 10 nitrogen and oxygen atoms in total. The van der Waals surface area contributed by atoms with E-state index < -0.39 is 6.04 Å². The molecule has 11 heteroatoms. The number of benzene rings is 2. The fourth-order valence-electron chi connectivity index (χ4n) is 4.14. The van der Waals surface area contributed by atoms with Gasteiger partial charge in [-0.2, -0.15) is 4.98 Å². The van der Waals surface area contributed by atoms with Crippen LogP contribution in [0.1, 0.15) is 18.4 Å². The van der Waals surface area contributed by atoms with Crippen LogP contribution in [0.15, 0.2) is 59.2 Å². The minimum Gasteiger partial charge on any atom is -0.464 e. The minimum atomic E-state index is -0.761. The zero-order valence-electron chi connectivity index (χ0n) is 21.3. The number of terminal acetylenes is 1. The Hall–Kier alpha value is -3.98. The van der Waals surface area contributed by atoms with Crippen molar-refractivity contribution in [3.8, 4) is 18.2 Å². The highest BCUT2D eigenvalue weighted by atomic mass is 79.9. The molecule has 0 unspecified atom stereocenters. The first-order valence-electron chi connectivity index (χ1n) is 12.5. The van der Waals surface area contributed by atoms with E-state index in [0.29, 0.717) is 34.5 Å². The van der Waals surface area contributed by atoms with Crippen LogP contribution in [0.5, 0.6) is 5.88 Å². The largest absolute Gasteiger partial charge is 0.464 e. The lowest BCUT2D eigenvalue weighted by atomic mass is 10.1. The molecule has 1 fully saturated rings. The van der Waals surface area contributed by atoms with Gasteiger partial charge in [0.25, 0.3) is 0 Å². The van der Waals surface area contributed by atoms with Gasteiger partial charge in [0.1, 0.15) is 0 Å². The molecular formula is C28H30BrN7O3. The number of anilines is 4. The molecule has 1 aliphatic rings. The Morgan fingerprint density at radius 2 is 1.79 bits per heavy atom. The van der Waals surface area contributed by atoms with Gasteiger partial charge in [-0.25, -0.2) is 4.98 Å². The molecule has 2 amide bonds. The summed E-state index contributed by atoms with van der Waals surface area (Å²) >= 11 is 3.34. The Morgan fingerprint density at radius 1 is 1.10 bits per heavy atom. The number of ether oxygens (including phenoxy) is 1. The molecular weight excluding hydrogens is 562 g/mol. The Labute approximate surface area is 235 Å². The number of likely N-dealkylation sites (tertiary alicyclic amines) is 1. The molecule has 0 spiro atoms. The van der Waals surface area contributed by atoms with Crippen LogP contribution in [-0.4, -0.2) is 59.0 Å². The highest BCUT2D eigenvalue weighted by molar-refractivity contribution is 9.10. The predicted molar refractivity (Wildman–Crippen MR) is 155 cm³/mol. The first-order chi connectivity index (χ1) is 18.9. The maximum absolute atomic E-state index is 12.9. The second-order valence-electron chi connectivity index (χ2n) is 9.08. The van der Waals surface area contributed by atoms with Crippen molar-refractivity contribution >= 4 is 50.8 Å². The van der Waals surface area contributed by atoms with Crippen molar-refractivity contribution in [1.82, 2.24) is 14.9 Å². The van der Waals surface area contributed by atoms with Crippen LogP contribution in [0, 0.1) is 12.3 Å². The van der Waals surface area contributed by atoms with E-state index in [2.05, 4.69) is 52.7 Å². The van der Waals surface area contributed by atoms with Crippen LogP contribution in [0.25, 0.3) is 0 Å². The van der Waals surface area contributed by atoms with Gasteiger partial charge in [0.05, 0.1) is 23.3 Å². The fourth-order valence-corrected chi connectivity index (χ4v) is 4.44.